The summed E-state index contributed by atoms with van der Waals surface area (Å²) < 4.78 is 5.86. The fraction of sp³-hybridized carbons (Fsp3) is 0.500. The number of carboxylic acid groups (broad SMARTS) is 1. The van der Waals surface area contributed by atoms with Gasteiger partial charge in [0.25, 0.3) is 5.91 Å². The summed E-state index contributed by atoms with van der Waals surface area (Å²) in [7, 11) is 0. The van der Waals surface area contributed by atoms with Crippen molar-refractivity contribution in [3.63, 3.8) is 0 Å². The smallest absolute Gasteiger partial charge is 0.308 e. The van der Waals surface area contributed by atoms with Gasteiger partial charge >= 0.3 is 5.97 Å². The van der Waals surface area contributed by atoms with E-state index in [9.17, 15) is 9.59 Å². The van der Waals surface area contributed by atoms with E-state index in [4.69, 9.17) is 9.84 Å². The van der Waals surface area contributed by atoms with E-state index in [1.807, 2.05) is 6.07 Å². The Bertz CT molecular complexity index is 509. The molecule has 21 heavy (non-hydrogen) atoms. The van der Waals surface area contributed by atoms with Crippen LogP contribution in [0.1, 0.15) is 43.0 Å². The molecule has 114 valence electrons. The monoisotopic (exact) mass is 291 g/mol. The van der Waals surface area contributed by atoms with E-state index in [2.05, 4.69) is 5.32 Å². The molecule has 1 aromatic rings. The topological polar surface area (TPSA) is 75.6 Å². The number of benzene rings is 1. The van der Waals surface area contributed by atoms with Crippen molar-refractivity contribution < 1.29 is 19.4 Å². The standard InChI is InChI=1S/C16H21NO4/c1-11(16(19)20)10-17-15(18)12-5-4-8-14(9-12)21-13-6-2-3-7-13/h4-5,8-9,11,13H,2-3,6-7,10H2,1H3,(H,17,18)(H,19,20). The Labute approximate surface area is 124 Å². The van der Waals surface area contributed by atoms with Crippen LogP contribution in [0.25, 0.3) is 0 Å². The molecule has 0 aliphatic heterocycles. The third-order valence-corrected chi connectivity index (χ3v) is 3.69. The SMILES string of the molecule is CC(CNC(=O)c1cccc(OC2CCCC2)c1)C(=O)O. The summed E-state index contributed by atoms with van der Waals surface area (Å²) in [6, 6.07) is 7.02. The lowest BCUT2D eigenvalue weighted by atomic mass is 10.1. The van der Waals surface area contributed by atoms with Crippen molar-refractivity contribution in [1.82, 2.24) is 5.32 Å². The quantitative estimate of drug-likeness (QED) is 0.844. The number of ether oxygens (including phenoxy) is 1. The minimum Gasteiger partial charge on any atom is -0.490 e. The molecule has 1 aliphatic carbocycles. The number of amides is 1. The van der Waals surface area contributed by atoms with Crippen LogP contribution in [-0.4, -0.2) is 29.6 Å². The van der Waals surface area contributed by atoms with Crippen LogP contribution in [0.15, 0.2) is 24.3 Å². The van der Waals surface area contributed by atoms with Crippen LogP contribution in [0.5, 0.6) is 5.75 Å². The van der Waals surface area contributed by atoms with Crippen LogP contribution >= 0.6 is 0 Å². The van der Waals surface area contributed by atoms with E-state index in [1.165, 1.54) is 12.8 Å². The predicted octanol–water partition coefficient (Wildman–Crippen LogP) is 2.46. The summed E-state index contributed by atoms with van der Waals surface area (Å²) in [4.78, 5) is 22.7. The first kappa shape index (κ1) is 15.4. The molecular formula is C16H21NO4. The van der Waals surface area contributed by atoms with Gasteiger partial charge in [0, 0.05) is 12.1 Å². The van der Waals surface area contributed by atoms with Gasteiger partial charge in [-0.25, -0.2) is 0 Å². The summed E-state index contributed by atoms with van der Waals surface area (Å²) >= 11 is 0. The molecule has 0 bridgehead atoms. The van der Waals surface area contributed by atoms with Gasteiger partial charge in [-0.15, -0.1) is 0 Å². The number of nitrogens with one attached hydrogen (secondary N) is 1. The molecule has 5 nitrogen and oxygen atoms in total. The van der Waals surface area contributed by atoms with Crippen LogP contribution in [0.4, 0.5) is 0 Å². The van der Waals surface area contributed by atoms with Crippen LogP contribution < -0.4 is 10.1 Å². The van der Waals surface area contributed by atoms with Crippen molar-refractivity contribution in [1.29, 1.82) is 0 Å². The zero-order valence-corrected chi connectivity index (χ0v) is 12.2. The second-order valence-electron chi connectivity index (χ2n) is 5.50. The minimum atomic E-state index is -0.923. The molecule has 0 aromatic heterocycles. The first-order chi connectivity index (χ1) is 10.1. The number of carbonyl (C=O) groups is 2. The fourth-order valence-corrected chi connectivity index (χ4v) is 2.34. The molecule has 1 unspecified atom stereocenters. The maximum absolute atomic E-state index is 12.0. The number of aliphatic carboxylic acids is 1. The van der Waals surface area contributed by atoms with Gasteiger partial charge in [-0.1, -0.05) is 13.0 Å². The van der Waals surface area contributed by atoms with Crippen LogP contribution in [0.2, 0.25) is 0 Å². The van der Waals surface area contributed by atoms with Crippen molar-refractivity contribution >= 4 is 11.9 Å². The molecule has 0 radical (unpaired) electrons. The summed E-state index contributed by atoms with van der Waals surface area (Å²) in [6.07, 6.45) is 4.75. The average Bonchev–Trinajstić information content (AvgIpc) is 2.97. The molecule has 1 fully saturated rings. The Kier molecular flexibility index (Phi) is 5.20. The van der Waals surface area contributed by atoms with Crippen molar-refractivity contribution in [3.8, 4) is 5.75 Å². The number of carboxylic acids is 1. The zero-order chi connectivity index (χ0) is 15.2. The van der Waals surface area contributed by atoms with Crippen LogP contribution in [-0.2, 0) is 4.79 Å². The van der Waals surface area contributed by atoms with Gasteiger partial charge in [-0.3, -0.25) is 9.59 Å². The van der Waals surface area contributed by atoms with Crippen LogP contribution in [0.3, 0.4) is 0 Å². The number of hydrogen-bond acceptors (Lipinski definition) is 3. The first-order valence-corrected chi connectivity index (χ1v) is 7.34. The van der Waals surface area contributed by atoms with Crippen LogP contribution in [0, 0.1) is 5.92 Å². The predicted molar refractivity (Wildman–Crippen MR) is 78.5 cm³/mol. The molecule has 1 aliphatic rings. The van der Waals surface area contributed by atoms with E-state index in [-0.39, 0.29) is 18.6 Å². The lowest BCUT2D eigenvalue weighted by molar-refractivity contribution is -0.140. The largest absolute Gasteiger partial charge is 0.490 e. The Morgan fingerprint density at radius 1 is 1.38 bits per heavy atom. The summed E-state index contributed by atoms with van der Waals surface area (Å²) in [5.41, 5.74) is 0.489. The normalized spacial score (nSPS) is 16.4. The molecule has 5 heteroatoms. The van der Waals surface area contributed by atoms with Gasteiger partial charge in [-0.05, 0) is 43.9 Å². The number of hydrogen-bond donors (Lipinski definition) is 2. The van der Waals surface area contributed by atoms with Gasteiger partial charge in [0.05, 0.1) is 12.0 Å². The highest BCUT2D eigenvalue weighted by Crippen LogP contribution is 2.24. The third-order valence-electron chi connectivity index (χ3n) is 3.69. The summed E-state index contributed by atoms with van der Waals surface area (Å²) in [6.45, 7) is 1.67. The molecule has 1 amide bonds. The van der Waals surface area contributed by atoms with Gasteiger partial charge < -0.3 is 15.2 Å². The van der Waals surface area contributed by atoms with E-state index in [1.54, 1.807) is 25.1 Å². The highest BCUT2D eigenvalue weighted by atomic mass is 16.5. The summed E-state index contributed by atoms with van der Waals surface area (Å²) in [5, 5.41) is 11.4. The van der Waals surface area contributed by atoms with Gasteiger partial charge in [0.15, 0.2) is 0 Å². The molecule has 1 saturated carbocycles. The number of carbonyl (C=O) groups excluding carboxylic acids is 1. The molecule has 2 rings (SSSR count). The van der Waals surface area contributed by atoms with E-state index in [0.717, 1.165) is 12.8 Å². The average molecular weight is 291 g/mol. The molecule has 0 saturated heterocycles. The minimum absolute atomic E-state index is 0.113. The van der Waals surface area contributed by atoms with Crippen molar-refractivity contribution in [2.24, 2.45) is 5.92 Å². The Balaban J connectivity index is 1.92. The fourth-order valence-electron chi connectivity index (χ4n) is 2.34. The highest BCUT2D eigenvalue weighted by molar-refractivity contribution is 5.94. The molecule has 0 spiro atoms. The molecule has 0 heterocycles. The Hall–Kier alpha value is -2.04. The first-order valence-electron chi connectivity index (χ1n) is 7.34. The highest BCUT2D eigenvalue weighted by Gasteiger charge is 2.17. The van der Waals surface area contributed by atoms with E-state index in [0.29, 0.717) is 11.3 Å². The lowest BCUT2D eigenvalue weighted by Gasteiger charge is -2.14. The van der Waals surface area contributed by atoms with Gasteiger partial charge in [-0.2, -0.15) is 0 Å². The number of rotatable bonds is 6. The molecule has 1 atom stereocenters. The van der Waals surface area contributed by atoms with Crippen molar-refractivity contribution in [3.05, 3.63) is 29.8 Å². The summed E-state index contributed by atoms with van der Waals surface area (Å²) in [5.74, 6) is -1.11. The van der Waals surface area contributed by atoms with Gasteiger partial charge in [0.2, 0.25) is 0 Å². The maximum Gasteiger partial charge on any atom is 0.308 e. The van der Waals surface area contributed by atoms with E-state index < -0.39 is 11.9 Å². The van der Waals surface area contributed by atoms with Crippen molar-refractivity contribution in [2.75, 3.05) is 6.54 Å². The van der Waals surface area contributed by atoms with Crippen molar-refractivity contribution in [2.45, 2.75) is 38.7 Å². The lowest BCUT2D eigenvalue weighted by Crippen LogP contribution is -2.31. The Morgan fingerprint density at radius 3 is 2.76 bits per heavy atom. The maximum atomic E-state index is 12.0. The van der Waals surface area contributed by atoms with E-state index >= 15 is 0 Å². The third kappa shape index (κ3) is 4.48. The second-order valence-corrected chi connectivity index (χ2v) is 5.50. The second kappa shape index (κ2) is 7.11. The molecular weight excluding hydrogens is 270 g/mol. The molecule has 1 aromatic carbocycles. The Morgan fingerprint density at radius 2 is 2.10 bits per heavy atom. The molecule has 2 N–H and O–H groups in total. The zero-order valence-electron chi connectivity index (χ0n) is 12.2. The van der Waals surface area contributed by atoms with Gasteiger partial charge in [0.1, 0.15) is 5.75 Å².